The zero-order chi connectivity index (χ0) is 31.9. The van der Waals surface area contributed by atoms with Crippen molar-refractivity contribution in [2.24, 2.45) is 5.73 Å². The molecule has 0 aliphatic carbocycles. The Kier molecular flexibility index (Phi) is 13.6. The SMILES string of the molecule is CCOC(=O)CCN(C(=O)/C(C)=C/c1ccc(C(=O)Oc2ccc(C(=N)N)cc2)cc1)[C@H](CC(=O)OCC)C(=O)OCC. The van der Waals surface area contributed by atoms with Crippen LogP contribution in [-0.4, -0.2) is 72.9 Å². The minimum atomic E-state index is -1.33. The second kappa shape index (κ2) is 17.1. The summed E-state index contributed by atoms with van der Waals surface area (Å²) in [5, 5.41) is 7.44. The van der Waals surface area contributed by atoms with E-state index in [1.165, 1.54) is 31.2 Å². The molecule has 2 aromatic rings. The van der Waals surface area contributed by atoms with Crippen molar-refractivity contribution in [3.63, 3.8) is 0 Å². The molecule has 12 nitrogen and oxygen atoms in total. The number of carbonyl (C=O) groups excluding carboxylic acids is 5. The van der Waals surface area contributed by atoms with Gasteiger partial charge in [-0.3, -0.25) is 19.8 Å². The molecule has 230 valence electrons. The highest BCUT2D eigenvalue weighted by Gasteiger charge is 2.34. The van der Waals surface area contributed by atoms with Crippen LogP contribution in [0.3, 0.4) is 0 Å². The first-order valence-electron chi connectivity index (χ1n) is 13.7. The van der Waals surface area contributed by atoms with Crippen molar-refractivity contribution in [2.45, 2.75) is 46.6 Å². The van der Waals surface area contributed by atoms with Crippen molar-refractivity contribution in [1.29, 1.82) is 5.41 Å². The molecule has 0 saturated heterocycles. The van der Waals surface area contributed by atoms with Gasteiger partial charge in [0.2, 0.25) is 5.91 Å². The van der Waals surface area contributed by atoms with Gasteiger partial charge in [0, 0.05) is 17.7 Å². The van der Waals surface area contributed by atoms with Gasteiger partial charge in [0.05, 0.1) is 38.2 Å². The number of nitrogens with one attached hydrogen (secondary N) is 1. The number of hydrogen-bond donors (Lipinski definition) is 2. The Hall–Kier alpha value is -5.00. The molecule has 0 heterocycles. The lowest BCUT2D eigenvalue weighted by Gasteiger charge is -2.30. The van der Waals surface area contributed by atoms with Crippen molar-refractivity contribution >= 4 is 41.7 Å². The maximum atomic E-state index is 13.6. The lowest BCUT2D eigenvalue weighted by Crippen LogP contribution is -2.48. The fourth-order valence-corrected chi connectivity index (χ4v) is 3.90. The number of nitrogen functional groups attached to an aromatic ring is 1. The van der Waals surface area contributed by atoms with Gasteiger partial charge in [-0.25, -0.2) is 9.59 Å². The van der Waals surface area contributed by atoms with Crippen LogP contribution in [0.1, 0.15) is 62.0 Å². The molecule has 0 aromatic heterocycles. The van der Waals surface area contributed by atoms with E-state index < -0.39 is 42.2 Å². The number of benzene rings is 2. The summed E-state index contributed by atoms with van der Waals surface area (Å²) in [5.74, 6) is -3.12. The lowest BCUT2D eigenvalue weighted by molar-refractivity contribution is -0.159. The summed E-state index contributed by atoms with van der Waals surface area (Å²) < 4.78 is 20.4. The highest BCUT2D eigenvalue weighted by Crippen LogP contribution is 2.18. The highest BCUT2D eigenvalue weighted by atomic mass is 16.5. The first-order valence-corrected chi connectivity index (χ1v) is 13.7. The average Bonchev–Trinajstić information content (AvgIpc) is 2.97. The third-order valence-corrected chi connectivity index (χ3v) is 5.97. The predicted octanol–water partition coefficient (Wildman–Crippen LogP) is 3.26. The van der Waals surface area contributed by atoms with Crippen LogP contribution in [0.5, 0.6) is 5.75 Å². The predicted molar refractivity (Wildman–Crippen MR) is 157 cm³/mol. The van der Waals surface area contributed by atoms with Crippen molar-refractivity contribution in [1.82, 2.24) is 4.90 Å². The van der Waals surface area contributed by atoms with E-state index in [0.29, 0.717) is 11.1 Å². The van der Waals surface area contributed by atoms with E-state index in [2.05, 4.69) is 0 Å². The zero-order valence-electron chi connectivity index (χ0n) is 24.7. The minimum Gasteiger partial charge on any atom is -0.466 e. The second-order valence-corrected chi connectivity index (χ2v) is 9.11. The highest BCUT2D eigenvalue weighted by molar-refractivity contribution is 6.00. The maximum Gasteiger partial charge on any atom is 0.343 e. The zero-order valence-corrected chi connectivity index (χ0v) is 24.7. The number of nitrogens with zero attached hydrogens (tertiary/aromatic N) is 1. The monoisotopic (exact) mass is 595 g/mol. The number of amides is 1. The van der Waals surface area contributed by atoms with Crippen molar-refractivity contribution in [3.05, 3.63) is 70.8 Å². The smallest absolute Gasteiger partial charge is 0.343 e. The number of hydrogen-bond acceptors (Lipinski definition) is 10. The molecule has 0 aliphatic heterocycles. The molecule has 3 N–H and O–H groups in total. The molecule has 0 saturated carbocycles. The van der Waals surface area contributed by atoms with Crippen LogP contribution in [-0.2, 0) is 33.4 Å². The second-order valence-electron chi connectivity index (χ2n) is 9.11. The van der Waals surface area contributed by atoms with Crippen molar-refractivity contribution < 1.29 is 42.9 Å². The Balaban J connectivity index is 2.27. The molecule has 0 unspecified atom stereocenters. The fraction of sp³-hybridized carbons (Fsp3) is 0.355. The summed E-state index contributed by atoms with van der Waals surface area (Å²) in [6, 6.07) is 11.1. The van der Waals surface area contributed by atoms with Crippen LogP contribution in [0, 0.1) is 5.41 Å². The number of ether oxygens (including phenoxy) is 4. The van der Waals surface area contributed by atoms with E-state index in [1.54, 1.807) is 51.1 Å². The van der Waals surface area contributed by atoms with E-state index >= 15 is 0 Å². The summed E-state index contributed by atoms with van der Waals surface area (Å²) in [5.41, 5.74) is 6.95. The summed E-state index contributed by atoms with van der Waals surface area (Å²) in [7, 11) is 0. The van der Waals surface area contributed by atoms with Crippen molar-refractivity contribution in [3.8, 4) is 5.75 Å². The van der Waals surface area contributed by atoms with Crippen molar-refractivity contribution in [2.75, 3.05) is 26.4 Å². The number of nitrogens with two attached hydrogens (primary N) is 1. The van der Waals surface area contributed by atoms with E-state index in [-0.39, 0.29) is 55.5 Å². The largest absolute Gasteiger partial charge is 0.466 e. The standard InChI is InChI=1S/C31H37N3O9/c1-5-40-26(35)16-17-34(25(31(39)42-7-3)19-27(36)41-6-2)29(37)20(4)18-21-8-10-23(11-9-21)30(38)43-24-14-12-22(13-15-24)28(32)33/h8-15,18,25H,5-7,16-17,19H2,1-4H3,(H3,32,33)/b20-18+/t25-/m1/s1. The molecule has 0 aliphatic rings. The summed E-state index contributed by atoms with van der Waals surface area (Å²) >= 11 is 0. The summed E-state index contributed by atoms with van der Waals surface area (Å²) in [6.45, 7) is 6.43. The fourth-order valence-electron chi connectivity index (χ4n) is 3.90. The first kappa shape index (κ1) is 34.2. The number of esters is 4. The molecular weight excluding hydrogens is 558 g/mol. The summed E-state index contributed by atoms with van der Waals surface area (Å²) in [6.07, 6.45) is 0.880. The van der Waals surface area contributed by atoms with E-state index in [4.69, 9.17) is 30.1 Å². The third kappa shape index (κ3) is 10.7. The molecule has 12 heteroatoms. The molecule has 0 bridgehead atoms. The molecule has 0 spiro atoms. The van der Waals surface area contributed by atoms with Crippen LogP contribution in [0.15, 0.2) is 54.1 Å². The normalized spacial score (nSPS) is 11.6. The number of carbonyl (C=O) groups is 5. The van der Waals surface area contributed by atoms with Gasteiger partial charge in [0.1, 0.15) is 17.6 Å². The Morgan fingerprint density at radius 1 is 0.837 bits per heavy atom. The van der Waals surface area contributed by atoms with Gasteiger partial charge in [-0.15, -0.1) is 0 Å². The Labute approximate surface area is 250 Å². The van der Waals surface area contributed by atoms with E-state index in [0.717, 1.165) is 4.90 Å². The molecule has 1 atom stereocenters. The van der Waals surface area contributed by atoms with Gasteiger partial charge in [0.25, 0.3) is 0 Å². The van der Waals surface area contributed by atoms with Gasteiger partial charge >= 0.3 is 23.9 Å². The Bertz CT molecular complexity index is 1340. The van der Waals surface area contributed by atoms with E-state index in [1.807, 2.05) is 0 Å². The van der Waals surface area contributed by atoms with Gasteiger partial charge in [-0.2, -0.15) is 0 Å². The topological polar surface area (TPSA) is 175 Å². The van der Waals surface area contributed by atoms with Crippen LogP contribution >= 0.6 is 0 Å². The molecule has 1 amide bonds. The molecule has 2 rings (SSSR count). The van der Waals surface area contributed by atoms with Gasteiger partial charge in [-0.05, 0) is 75.7 Å². The van der Waals surface area contributed by atoms with Gasteiger partial charge < -0.3 is 29.6 Å². The quantitative estimate of drug-likeness (QED) is 0.0776. The van der Waals surface area contributed by atoms with Crippen LogP contribution in [0.2, 0.25) is 0 Å². The molecule has 0 fully saturated rings. The average molecular weight is 596 g/mol. The summed E-state index contributed by atoms with van der Waals surface area (Å²) in [4.78, 5) is 64.5. The first-order chi connectivity index (χ1) is 20.5. The van der Waals surface area contributed by atoms with Crippen LogP contribution in [0.4, 0.5) is 0 Å². The van der Waals surface area contributed by atoms with E-state index in [9.17, 15) is 24.0 Å². The number of amidine groups is 1. The number of rotatable bonds is 15. The lowest BCUT2D eigenvalue weighted by atomic mass is 10.1. The van der Waals surface area contributed by atoms with Gasteiger partial charge in [-0.1, -0.05) is 12.1 Å². The van der Waals surface area contributed by atoms with Crippen LogP contribution in [0.25, 0.3) is 6.08 Å². The molecule has 43 heavy (non-hydrogen) atoms. The molecule has 0 radical (unpaired) electrons. The van der Waals surface area contributed by atoms with Crippen LogP contribution < -0.4 is 10.5 Å². The Morgan fingerprint density at radius 3 is 1.95 bits per heavy atom. The van der Waals surface area contributed by atoms with Gasteiger partial charge in [0.15, 0.2) is 0 Å². The Morgan fingerprint density at radius 2 is 1.40 bits per heavy atom. The molecular formula is C31H37N3O9. The molecule has 2 aromatic carbocycles. The maximum absolute atomic E-state index is 13.6. The third-order valence-electron chi connectivity index (χ3n) is 5.97. The minimum absolute atomic E-state index is 0.0192.